The summed E-state index contributed by atoms with van der Waals surface area (Å²) in [6, 6.07) is 7.86. The van der Waals surface area contributed by atoms with Gasteiger partial charge in [-0.3, -0.25) is 9.63 Å². The van der Waals surface area contributed by atoms with Gasteiger partial charge in [0.2, 0.25) is 5.91 Å². The van der Waals surface area contributed by atoms with Crippen LogP contribution in [0, 0.1) is 0 Å². The van der Waals surface area contributed by atoms with Gasteiger partial charge in [0.25, 0.3) is 0 Å². The molecule has 0 spiro atoms. The monoisotopic (exact) mass is 394 g/mol. The number of amides is 2. The summed E-state index contributed by atoms with van der Waals surface area (Å²) in [7, 11) is 0. The van der Waals surface area contributed by atoms with E-state index in [0.717, 1.165) is 5.56 Å². The van der Waals surface area contributed by atoms with Crippen molar-refractivity contribution in [3.05, 3.63) is 35.9 Å². The van der Waals surface area contributed by atoms with Gasteiger partial charge in [0.15, 0.2) is 0 Å². The molecule has 0 saturated carbocycles. The molecular weight excluding hydrogens is 364 g/mol. The Kier molecular flexibility index (Phi) is 8.43. The average molecular weight is 394 g/mol. The Morgan fingerprint density at radius 3 is 2.11 bits per heavy atom. The van der Waals surface area contributed by atoms with E-state index in [-0.39, 0.29) is 13.0 Å². The molecule has 0 aliphatic heterocycles. The fourth-order valence-corrected chi connectivity index (χ4v) is 1.91. The van der Waals surface area contributed by atoms with Gasteiger partial charge < -0.3 is 14.8 Å². The molecule has 8 heteroatoms. The SMILES string of the molecule is CC(C)(C)ONC(=O)CC(NC(=O)OC(C)(C)C)C(=O)OCc1ccccc1. The molecule has 156 valence electrons. The molecule has 1 aromatic carbocycles. The van der Waals surface area contributed by atoms with E-state index < -0.39 is 35.2 Å². The van der Waals surface area contributed by atoms with Crippen LogP contribution in [0.3, 0.4) is 0 Å². The number of rotatable bonds is 7. The van der Waals surface area contributed by atoms with Crippen molar-refractivity contribution < 1.29 is 28.7 Å². The minimum Gasteiger partial charge on any atom is -0.459 e. The lowest BCUT2D eigenvalue weighted by Gasteiger charge is -2.23. The molecule has 0 aliphatic rings. The number of alkyl carbamates (subject to hydrolysis) is 1. The molecule has 0 saturated heterocycles. The first kappa shape index (κ1) is 23.4. The zero-order valence-corrected chi connectivity index (χ0v) is 17.3. The number of carbonyl (C=O) groups excluding carboxylic acids is 3. The predicted molar refractivity (Wildman–Crippen MR) is 103 cm³/mol. The van der Waals surface area contributed by atoms with Crippen molar-refractivity contribution in [1.82, 2.24) is 10.8 Å². The molecule has 0 aromatic heterocycles. The van der Waals surface area contributed by atoms with Crippen LogP contribution in [0.1, 0.15) is 53.5 Å². The number of hydroxylamine groups is 1. The number of ether oxygens (including phenoxy) is 2. The van der Waals surface area contributed by atoms with Gasteiger partial charge in [-0.1, -0.05) is 30.3 Å². The molecule has 0 radical (unpaired) electrons. The third kappa shape index (κ3) is 10.5. The van der Waals surface area contributed by atoms with Crippen LogP contribution in [0.4, 0.5) is 4.79 Å². The number of hydrogen-bond acceptors (Lipinski definition) is 6. The van der Waals surface area contributed by atoms with Crippen molar-refractivity contribution in [3.63, 3.8) is 0 Å². The van der Waals surface area contributed by atoms with Gasteiger partial charge in [-0.2, -0.15) is 0 Å². The molecule has 2 N–H and O–H groups in total. The summed E-state index contributed by atoms with van der Waals surface area (Å²) in [5.74, 6) is -1.33. The van der Waals surface area contributed by atoms with Gasteiger partial charge in [0.1, 0.15) is 18.2 Å². The number of carbonyl (C=O) groups is 3. The maximum absolute atomic E-state index is 12.4. The molecule has 1 aromatic rings. The molecule has 8 nitrogen and oxygen atoms in total. The van der Waals surface area contributed by atoms with Gasteiger partial charge in [-0.05, 0) is 47.1 Å². The molecule has 0 heterocycles. The zero-order chi connectivity index (χ0) is 21.4. The van der Waals surface area contributed by atoms with Crippen molar-refractivity contribution in [2.24, 2.45) is 0 Å². The standard InChI is InChI=1S/C20H30N2O6/c1-19(2,3)27-18(25)21-15(12-16(23)22-28-20(4,5)6)17(24)26-13-14-10-8-7-9-11-14/h7-11,15H,12-13H2,1-6H3,(H,21,25)(H,22,23). The van der Waals surface area contributed by atoms with Crippen LogP contribution in [-0.2, 0) is 30.5 Å². The second-order valence-electron chi connectivity index (χ2n) is 8.24. The Morgan fingerprint density at radius 1 is 0.964 bits per heavy atom. The first-order valence-electron chi connectivity index (χ1n) is 9.03. The smallest absolute Gasteiger partial charge is 0.408 e. The van der Waals surface area contributed by atoms with E-state index in [4.69, 9.17) is 14.3 Å². The predicted octanol–water partition coefficient (Wildman–Crippen LogP) is 2.86. The van der Waals surface area contributed by atoms with Crippen LogP contribution in [-0.4, -0.2) is 35.2 Å². The summed E-state index contributed by atoms with van der Waals surface area (Å²) < 4.78 is 10.4. The van der Waals surface area contributed by atoms with E-state index in [1.54, 1.807) is 53.7 Å². The summed E-state index contributed by atoms with van der Waals surface area (Å²) in [4.78, 5) is 41.8. The van der Waals surface area contributed by atoms with E-state index in [2.05, 4.69) is 10.8 Å². The lowest BCUT2D eigenvalue weighted by molar-refractivity contribution is -0.153. The molecule has 0 aliphatic carbocycles. The minimum atomic E-state index is -1.22. The van der Waals surface area contributed by atoms with Crippen molar-refractivity contribution in [2.45, 2.75) is 71.8 Å². The van der Waals surface area contributed by atoms with Crippen LogP contribution in [0.5, 0.6) is 0 Å². The summed E-state index contributed by atoms with van der Waals surface area (Å²) in [5.41, 5.74) is 1.70. The van der Waals surface area contributed by atoms with Crippen LogP contribution < -0.4 is 10.8 Å². The topological polar surface area (TPSA) is 103 Å². The van der Waals surface area contributed by atoms with E-state index in [1.807, 2.05) is 18.2 Å². The maximum Gasteiger partial charge on any atom is 0.408 e. The second kappa shape index (κ2) is 10.1. The van der Waals surface area contributed by atoms with E-state index >= 15 is 0 Å². The number of hydrogen-bond donors (Lipinski definition) is 2. The van der Waals surface area contributed by atoms with Crippen LogP contribution in [0.2, 0.25) is 0 Å². The average Bonchev–Trinajstić information content (AvgIpc) is 2.56. The lowest BCUT2D eigenvalue weighted by atomic mass is 10.2. The number of benzene rings is 1. The lowest BCUT2D eigenvalue weighted by Crippen LogP contribution is -2.47. The van der Waals surface area contributed by atoms with Crippen molar-refractivity contribution >= 4 is 18.0 Å². The van der Waals surface area contributed by atoms with Gasteiger partial charge in [0.05, 0.1) is 12.0 Å². The minimum absolute atomic E-state index is 0.0201. The van der Waals surface area contributed by atoms with Crippen LogP contribution >= 0.6 is 0 Å². The number of esters is 1. The fourth-order valence-electron chi connectivity index (χ4n) is 1.91. The molecule has 2 amide bonds. The maximum atomic E-state index is 12.4. The highest BCUT2D eigenvalue weighted by Gasteiger charge is 2.28. The summed E-state index contributed by atoms with van der Waals surface area (Å²) in [6.07, 6.45) is -1.18. The molecule has 28 heavy (non-hydrogen) atoms. The molecule has 0 fully saturated rings. The van der Waals surface area contributed by atoms with Crippen LogP contribution in [0.15, 0.2) is 30.3 Å². The second-order valence-corrected chi connectivity index (χ2v) is 8.24. The van der Waals surface area contributed by atoms with Gasteiger partial charge in [-0.25, -0.2) is 15.1 Å². The molecule has 1 atom stereocenters. The van der Waals surface area contributed by atoms with Crippen LogP contribution in [0.25, 0.3) is 0 Å². The third-order valence-electron chi connectivity index (χ3n) is 3.06. The summed E-state index contributed by atoms with van der Waals surface area (Å²) in [6.45, 7) is 10.4. The number of nitrogens with one attached hydrogen (secondary N) is 2. The Labute approximate surface area is 165 Å². The van der Waals surface area contributed by atoms with E-state index in [9.17, 15) is 14.4 Å². The quantitative estimate of drug-likeness (QED) is 0.544. The highest BCUT2D eigenvalue weighted by atomic mass is 16.7. The first-order valence-corrected chi connectivity index (χ1v) is 9.03. The first-order chi connectivity index (χ1) is 12.9. The fraction of sp³-hybridized carbons (Fsp3) is 0.550. The van der Waals surface area contributed by atoms with Gasteiger partial charge in [0, 0.05) is 0 Å². The molecule has 1 unspecified atom stereocenters. The zero-order valence-electron chi connectivity index (χ0n) is 17.3. The molecule has 1 rings (SSSR count). The van der Waals surface area contributed by atoms with Gasteiger partial charge in [-0.15, -0.1) is 0 Å². The van der Waals surface area contributed by atoms with Crippen molar-refractivity contribution in [1.29, 1.82) is 0 Å². The Hall–Kier alpha value is -2.61. The third-order valence-corrected chi connectivity index (χ3v) is 3.06. The largest absolute Gasteiger partial charge is 0.459 e. The Balaban J connectivity index is 2.73. The molecular formula is C20H30N2O6. The summed E-state index contributed by atoms with van der Waals surface area (Å²) >= 11 is 0. The Morgan fingerprint density at radius 2 is 1.57 bits per heavy atom. The highest BCUT2D eigenvalue weighted by molar-refractivity contribution is 5.87. The van der Waals surface area contributed by atoms with E-state index in [1.165, 1.54) is 0 Å². The van der Waals surface area contributed by atoms with Crippen molar-refractivity contribution in [3.8, 4) is 0 Å². The Bertz CT molecular complexity index is 662. The van der Waals surface area contributed by atoms with Crippen molar-refractivity contribution in [2.75, 3.05) is 0 Å². The van der Waals surface area contributed by atoms with Gasteiger partial charge >= 0.3 is 12.1 Å². The summed E-state index contributed by atoms with van der Waals surface area (Å²) in [5, 5.41) is 2.39. The molecule has 0 bridgehead atoms. The highest BCUT2D eigenvalue weighted by Crippen LogP contribution is 2.09. The van der Waals surface area contributed by atoms with E-state index in [0.29, 0.717) is 0 Å². The normalized spacial score (nSPS) is 12.6.